The van der Waals surface area contributed by atoms with E-state index >= 15 is 0 Å². The second-order valence-corrected chi connectivity index (χ2v) is 7.03. The highest BCUT2D eigenvalue weighted by Crippen LogP contribution is 2.31. The molecule has 24 heavy (non-hydrogen) atoms. The van der Waals surface area contributed by atoms with Crippen molar-refractivity contribution in [3.63, 3.8) is 0 Å². The number of nitrogens with zero attached hydrogens (tertiary/aromatic N) is 1. The van der Waals surface area contributed by atoms with Gasteiger partial charge in [-0.25, -0.2) is 0 Å². The van der Waals surface area contributed by atoms with Crippen molar-refractivity contribution in [3.05, 3.63) is 29.8 Å². The molecule has 1 aromatic rings. The fourth-order valence-corrected chi connectivity index (χ4v) is 4.08. The van der Waals surface area contributed by atoms with Crippen LogP contribution in [-0.4, -0.2) is 43.7 Å². The van der Waals surface area contributed by atoms with Crippen LogP contribution in [0, 0.1) is 5.92 Å². The van der Waals surface area contributed by atoms with Crippen LogP contribution < -0.4 is 4.74 Å². The van der Waals surface area contributed by atoms with E-state index in [1.54, 1.807) is 7.11 Å². The topological polar surface area (TPSA) is 38.8 Å². The molecule has 2 saturated heterocycles. The summed E-state index contributed by atoms with van der Waals surface area (Å²) < 4.78 is 10.8. The van der Waals surface area contributed by atoms with Crippen molar-refractivity contribution in [2.75, 3.05) is 26.8 Å². The van der Waals surface area contributed by atoms with Crippen LogP contribution in [0.25, 0.3) is 0 Å². The zero-order chi connectivity index (χ0) is 16.8. The molecule has 3 rings (SSSR count). The second-order valence-electron chi connectivity index (χ2n) is 7.03. The number of ether oxygens (including phenoxy) is 2. The smallest absolute Gasteiger partial charge is 0.306 e. The van der Waals surface area contributed by atoms with E-state index in [0.717, 1.165) is 17.7 Å². The zero-order valence-corrected chi connectivity index (χ0v) is 14.7. The first kappa shape index (κ1) is 17.3. The molecule has 132 valence electrons. The van der Waals surface area contributed by atoms with E-state index in [-0.39, 0.29) is 5.97 Å². The molecule has 2 atom stereocenters. The van der Waals surface area contributed by atoms with Gasteiger partial charge < -0.3 is 9.47 Å². The molecule has 0 bridgehead atoms. The Bertz CT molecular complexity index is 526. The normalized spacial score (nSPS) is 24.2. The number of carbonyl (C=O) groups is 1. The van der Waals surface area contributed by atoms with Gasteiger partial charge in [-0.3, -0.25) is 9.69 Å². The number of piperidine rings is 2. The lowest BCUT2D eigenvalue weighted by atomic mass is 9.84. The van der Waals surface area contributed by atoms with E-state index in [1.807, 2.05) is 24.3 Å². The Morgan fingerprint density at radius 2 is 1.92 bits per heavy atom. The molecule has 2 heterocycles. The third-order valence-corrected chi connectivity index (χ3v) is 5.46. The third kappa shape index (κ3) is 4.50. The number of methoxy groups -OCH3 is 1. The highest BCUT2D eigenvalue weighted by Gasteiger charge is 2.33. The fourth-order valence-electron chi connectivity index (χ4n) is 4.08. The lowest BCUT2D eigenvalue weighted by Crippen LogP contribution is -2.49. The minimum Gasteiger partial charge on any atom is -0.497 e. The molecule has 4 heteroatoms. The van der Waals surface area contributed by atoms with Crippen LogP contribution in [0.3, 0.4) is 0 Å². The van der Waals surface area contributed by atoms with Crippen molar-refractivity contribution in [1.29, 1.82) is 0 Å². The van der Waals surface area contributed by atoms with Crippen molar-refractivity contribution in [2.24, 2.45) is 5.92 Å². The summed E-state index contributed by atoms with van der Waals surface area (Å²) in [6.07, 6.45) is 7.54. The van der Waals surface area contributed by atoms with Crippen LogP contribution in [0.2, 0.25) is 0 Å². The Morgan fingerprint density at radius 1 is 1.12 bits per heavy atom. The number of hydrogen-bond acceptors (Lipinski definition) is 4. The predicted octanol–water partition coefficient (Wildman–Crippen LogP) is 3.44. The first-order chi connectivity index (χ1) is 11.8. The molecule has 0 spiro atoms. The van der Waals surface area contributed by atoms with Gasteiger partial charge in [-0.15, -0.1) is 0 Å². The number of hydrogen-bond donors (Lipinski definition) is 0. The summed E-state index contributed by atoms with van der Waals surface area (Å²) in [6.45, 7) is 3.06. The van der Waals surface area contributed by atoms with E-state index in [4.69, 9.17) is 9.47 Å². The number of aryl methyl sites for hydroxylation is 1. The number of fused-ring (bicyclic) bond motifs is 1. The zero-order valence-electron chi connectivity index (χ0n) is 14.7. The van der Waals surface area contributed by atoms with Crippen molar-refractivity contribution >= 4 is 5.97 Å². The van der Waals surface area contributed by atoms with Crippen molar-refractivity contribution in [2.45, 2.75) is 51.0 Å². The summed E-state index contributed by atoms with van der Waals surface area (Å²) in [4.78, 5) is 14.7. The molecule has 2 aliphatic heterocycles. The molecule has 0 radical (unpaired) electrons. The SMILES string of the molecule is COc1ccc(CCC(=O)OC[C@H]2CCCN3CCCC[C@H]23)cc1. The molecule has 0 saturated carbocycles. The van der Waals surface area contributed by atoms with Crippen LogP contribution in [0.1, 0.15) is 44.1 Å². The second kappa shape index (κ2) is 8.52. The summed E-state index contributed by atoms with van der Waals surface area (Å²) in [5.74, 6) is 1.30. The standard InChI is InChI=1S/C20H29NO3/c1-23-18-10-7-16(8-11-18)9-12-20(22)24-15-17-5-4-14-21-13-3-2-6-19(17)21/h7-8,10-11,17,19H,2-6,9,12-15H2,1H3/t17-,19-/m1/s1. The van der Waals surface area contributed by atoms with Gasteiger partial charge >= 0.3 is 5.97 Å². The van der Waals surface area contributed by atoms with E-state index in [9.17, 15) is 4.79 Å². The van der Waals surface area contributed by atoms with Crippen LogP contribution >= 0.6 is 0 Å². The molecule has 1 aromatic carbocycles. The van der Waals surface area contributed by atoms with Crippen molar-refractivity contribution < 1.29 is 14.3 Å². The van der Waals surface area contributed by atoms with Gasteiger partial charge in [0.05, 0.1) is 13.7 Å². The maximum atomic E-state index is 12.1. The third-order valence-electron chi connectivity index (χ3n) is 5.46. The Kier molecular flexibility index (Phi) is 6.13. The van der Waals surface area contributed by atoms with Crippen molar-refractivity contribution in [3.8, 4) is 5.75 Å². The summed E-state index contributed by atoms with van der Waals surface area (Å²) >= 11 is 0. The Labute approximate surface area is 145 Å². The van der Waals surface area contributed by atoms with Gasteiger partial charge in [-0.2, -0.15) is 0 Å². The van der Waals surface area contributed by atoms with Gasteiger partial charge in [0, 0.05) is 18.4 Å². The van der Waals surface area contributed by atoms with Crippen LogP contribution in [0.15, 0.2) is 24.3 Å². The lowest BCUT2D eigenvalue weighted by Gasteiger charge is -2.44. The number of benzene rings is 1. The first-order valence-corrected chi connectivity index (χ1v) is 9.29. The molecule has 0 unspecified atom stereocenters. The number of rotatable bonds is 6. The minimum atomic E-state index is -0.0706. The van der Waals surface area contributed by atoms with Gasteiger partial charge in [0.2, 0.25) is 0 Å². The van der Waals surface area contributed by atoms with E-state index in [0.29, 0.717) is 25.0 Å². The van der Waals surface area contributed by atoms with Crippen LogP contribution in [-0.2, 0) is 16.0 Å². The lowest BCUT2D eigenvalue weighted by molar-refractivity contribution is -0.146. The highest BCUT2D eigenvalue weighted by molar-refractivity contribution is 5.69. The summed E-state index contributed by atoms with van der Waals surface area (Å²) in [5, 5.41) is 0. The van der Waals surface area contributed by atoms with Gasteiger partial charge in [-0.1, -0.05) is 18.6 Å². The maximum Gasteiger partial charge on any atom is 0.306 e. The van der Waals surface area contributed by atoms with Gasteiger partial charge in [0.25, 0.3) is 0 Å². The largest absolute Gasteiger partial charge is 0.497 e. The molecular formula is C20H29NO3. The van der Waals surface area contributed by atoms with Crippen LogP contribution in [0.4, 0.5) is 0 Å². The summed E-state index contributed by atoms with van der Waals surface area (Å²) in [6, 6.07) is 8.52. The van der Waals surface area contributed by atoms with E-state index in [1.165, 1.54) is 45.2 Å². The van der Waals surface area contributed by atoms with Gasteiger partial charge in [0.1, 0.15) is 5.75 Å². The maximum absolute atomic E-state index is 12.1. The van der Waals surface area contributed by atoms with E-state index < -0.39 is 0 Å². The van der Waals surface area contributed by atoms with Crippen LogP contribution in [0.5, 0.6) is 5.75 Å². The Morgan fingerprint density at radius 3 is 2.71 bits per heavy atom. The van der Waals surface area contributed by atoms with Crippen molar-refractivity contribution in [1.82, 2.24) is 4.90 Å². The van der Waals surface area contributed by atoms with Gasteiger partial charge in [0.15, 0.2) is 0 Å². The monoisotopic (exact) mass is 331 g/mol. The highest BCUT2D eigenvalue weighted by atomic mass is 16.5. The molecule has 0 N–H and O–H groups in total. The molecule has 0 aromatic heterocycles. The molecule has 2 aliphatic rings. The molecule has 0 aliphatic carbocycles. The fraction of sp³-hybridized carbons (Fsp3) is 0.650. The minimum absolute atomic E-state index is 0.0706. The predicted molar refractivity (Wildman–Crippen MR) is 94.2 cm³/mol. The number of esters is 1. The molecule has 4 nitrogen and oxygen atoms in total. The quantitative estimate of drug-likeness (QED) is 0.749. The first-order valence-electron chi connectivity index (χ1n) is 9.29. The van der Waals surface area contributed by atoms with E-state index in [2.05, 4.69) is 4.90 Å². The number of carbonyl (C=O) groups excluding carboxylic acids is 1. The molecular weight excluding hydrogens is 302 g/mol. The molecule has 2 fully saturated rings. The average molecular weight is 331 g/mol. The molecule has 0 amide bonds. The summed E-state index contributed by atoms with van der Waals surface area (Å²) in [5.41, 5.74) is 1.14. The Hall–Kier alpha value is -1.55. The summed E-state index contributed by atoms with van der Waals surface area (Å²) in [7, 11) is 1.66. The van der Waals surface area contributed by atoms with Gasteiger partial charge in [-0.05, 0) is 62.9 Å². The Balaban J connectivity index is 1.41. The average Bonchev–Trinajstić information content (AvgIpc) is 2.65.